The molecular formula is C19H17NO4. The van der Waals surface area contributed by atoms with Gasteiger partial charge in [0.05, 0.1) is 5.69 Å². The molecule has 0 spiro atoms. The number of hydrogen-bond acceptors (Lipinski definition) is 4. The number of benzene rings is 2. The van der Waals surface area contributed by atoms with E-state index >= 15 is 0 Å². The Morgan fingerprint density at radius 1 is 1.08 bits per heavy atom. The molecule has 5 nitrogen and oxygen atoms in total. The number of ether oxygens (including phenoxy) is 1. The fourth-order valence-corrected chi connectivity index (χ4v) is 2.72. The minimum absolute atomic E-state index is 0.0371. The summed E-state index contributed by atoms with van der Waals surface area (Å²) in [6.45, 7) is 1.73. The largest absolute Gasteiger partial charge is 0.444 e. The van der Waals surface area contributed by atoms with Crippen LogP contribution in [0.3, 0.4) is 0 Å². The van der Waals surface area contributed by atoms with Crippen molar-refractivity contribution in [3.05, 3.63) is 65.7 Å². The Bertz CT molecular complexity index is 785. The van der Waals surface area contributed by atoms with Crippen LogP contribution in [0.4, 0.5) is 10.5 Å². The Morgan fingerprint density at radius 3 is 2.50 bits per heavy atom. The zero-order chi connectivity index (χ0) is 17.1. The number of nitrogens with zero attached hydrogens (tertiary/aromatic N) is 1. The number of Topliss-reactive ketones (excluding diaryl/α,β-unsaturated/α-hetero) is 1. The van der Waals surface area contributed by atoms with Gasteiger partial charge < -0.3 is 4.74 Å². The fourth-order valence-electron chi connectivity index (χ4n) is 2.72. The molecule has 2 aromatic carbocycles. The lowest BCUT2D eigenvalue weighted by molar-refractivity contribution is -0.137. The summed E-state index contributed by atoms with van der Waals surface area (Å²) in [7, 11) is 0. The summed E-state index contributed by atoms with van der Waals surface area (Å²) in [5, 5.41) is 0. The van der Waals surface area contributed by atoms with Crippen molar-refractivity contribution in [2.24, 2.45) is 5.92 Å². The molecule has 1 aliphatic rings. The molecule has 3 rings (SSSR count). The van der Waals surface area contributed by atoms with Gasteiger partial charge in [-0.25, -0.2) is 9.69 Å². The van der Waals surface area contributed by atoms with Crippen LogP contribution in [0.1, 0.15) is 18.1 Å². The number of fused-ring (bicyclic) bond motifs is 1. The van der Waals surface area contributed by atoms with E-state index < -0.39 is 23.7 Å². The molecule has 1 unspecified atom stereocenters. The highest BCUT2D eigenvalue weighted by molar-refractivity contribution is 6.46. The van der Waals surface area contributed by atoms with Crippen molar-refractivity contribution >= 4 is 23.5 Å². The molecule has 0 radical (unpaired) electrons. The zero-order valence-corrected chi connectivity index (χ0v) is 13.3. The van der Waals surface area contributed by atoms with E-state index in [2.05, 4.69) is 0 Å². The van der Waals surface area contributed by atoms with Crippen LogP contribution in [0.5, 0.6) is 0 Å². The Kier molecular flexibility index (Phi) is 4.42. The first-order valence-electron chi connectivity index (χ1n) is 7.75. The smallest absolute Gasteiger partial charge is 0.421 e. The number of anilines is 1. The second-order valence-electron chi connectivity index (χ2n) is 5.78. The summed E-state index contributed by atoms with van der Waals surface area (Å²) in [6, 6.07) is 16.2. The number of hydrogen-bond donors (Lipinski definition) is 0. The number of rotatable bonds is 2. The van der Waals surface area contributed by atoms with Gasteiger partial charge in [0.1, 0.15) is 6.61 Å². The SMILES string of the molecule is CC1Cc2ccccc2N(C(=O)OCc2ccccc2)C(=O)C1=O. The van der Waals surface area contributed by atoms with Gasteiger partial charge in [0.25, 0.3) is 0 Å². The predicted octanol–water partition coefficient (Wildman–Crippen LogP) is 3.12. The van der Waals surface area contributed by atoms with Gasteiger partial charge in [0.2, 0.25) is 5.78 Å². The number of ketones is 1. The normalized spacial score (nSPS) is 17.2. The van der Waals surface area contributed by atoms with Crippen LogP contribution in [-0.2, 0) is 27.4 Å². The topological polar surface area (TPSA) is 63.7 Å². The lowest BCUT2D eigenvalue weighted by Crippen LogP contribution is -2.42. The molecule has 0 saturated carbocycles. The molecule has 2 aromatic rings. The second-order valence-corrected chi connectivity index (χ2v) is 5.78. The molecular weight excluding hydrogens is 306 g/mol. The summed E-state index contributed by atoms with van der Waals surface area (Å²) in [5.74, 6) is -1.89. The molecule has 0 aliphatic carbocycles. The highest BCUT2D eigenvalue weighted by Gasteiger charge is 2.37. The molecule has 0 N–H and O–H groups in total. The predicted molar refractivity (Wildman–Crippen MR) is 88.4 cm³/mol. The van der Waals surface area contributed by atoms with Crippen LogP contribution in [-0.4, -0.2) is 17.8 Å². The molecule has 5 heteroatoms. The first kappa shape index (κ1) is 15.9. The maximum absolute atomic E-state index is 12.5. The van der Waals surface area contributed by atoms with E-state index in [1.807, 2.05) is 42.5 Å². The minimum Gasteiger partial charge on any atom is -0.444 e. The molecule has 0 fully saturated rings. The molecule has 1 atom stereocenters. The van der Waals surface area contributed by atoms with Gasteiger partial charge in [-0.3, -0.25) is 9.59 Å². The molecule has 24 heavy (non-hydrogen) atoms. The molecule has 122 valence electrons. The molecule has 2 amide bonds. The summed E-state index contributed by atoms with van der Waals surface area (Å²) >= 11 is 0. The van der Waals surface area contributed by atoms with E-state index in [0.29, 0.717) is 12.1 Å². The standard InChI is InChI=1S/C19H17NO4/c1-13-11-15-9-5-6-10-16(15)20(18(22)17(13)21)19(23)24-12-14-7-3-2-4-8-14/h2-10,13H,11-12H2,1H3. The van der Waals surface area contributed by atoms with Crippen LogP contribution in [0, 0.1) is 5.92 Å². The van der Waals surface area contributed by atoms with Gasteiger partial charge in [-0.2, -0.15) is 0 Å². The van der Waals surface area contributed by atoms with E-state index in [-0.39, 0.29) is 6.61 Å². The minimum atomic E-state index is -0.842. The molecule has 1 heterocycles. The van der Waals surface area contributed by atoms with Gasteiger partial charge in [0, 0.05) is 5.92 Å². The second kappa shape index (κ2) is 6.66. The first-order chi connectivity index (χ1) is 11.6. The molecule has 1 aliphatic heterocycles. The quantitative estimate of drug-likeness (QED) is 0.797. The summed E-state index contributed by atoms with van der Waals surface area (Å²) in [6.07, 6.45) is -0.415. The average Bonchev–Trinajstić information content (AvgIpc) is 2.70. The van der Waals surface area contributed by atoms with Crippen molar-refractivity contribution in [3.8, 4) is 0 Å². The van der Waals surface area contributed by atoms with Crippen molar-refractivity contribution in [3.63, 3.8) is 0 Å². The summed E-state index contributed by atoms with van der Waals surface area (Å²) < 4.78 is 5.25. The maximum Gasteiger partial charge on any atom is 0.421 e. The van der Waals surface area contributed by atoms with Crippen LogP contribution >= 0.6 is 0 Å². The number of carbonyl (C=O) groups is 3. The van der Waals surface area contributed by atoms with Crippen molar-refractivity contribution in [1.29, 1.82) is 0 Å². The lowest BCUT2D eigenvalue weighted by Gasteiger charge is -2.19. The van der Waals surface area contributed by atoms with E-state index in [9.17, 15) is 14.4 Å². The third-order valence-electron chi connectivity index (χ3n) is 4.01. The molecule has 0 saturated heterocycles. The van der Waals surface area contributed by atoms with Gasteiger partial charge >= 0.3 is 12.0 Å². The van der Waals surface area contributed by atoms with Gasteiger partial charge in [-0.05, 0) is 23.6 Å². The van der Waals surface area contributed by atoms with E-state index in [0.717, 1.165) is 16.0 Å². The van der Waals surface area contributed by atoms with Gasteiger partial charge in [-0.15, -0.1) is 0 Å². The summed E-state index contributed by atoms with van der Waals surface area (Å²) in [4.78, 5) is 38.0. The van der Waals surface area contributed by atoms with Crippen molar-refractivity contribution in [2.45, 2.75) is 20.0 Å². The molecule has 0 aromatic heterocycles. The Morgan fingerprint density at radius 2 is 1.75 bits per heavy atom. The summed E-state index contributed by atoms with van der Waals surface area (Å²) in [5.41, 5.74) is 2.00. The number of carbonyl (C=O) groups excluding carboxylic acids is 3. The van der Waals surface area contributed by atoms with Crippen LogP contribution in [0.2, 0.25) is 0 Å². The lowest BCUT2D eigenvalue weighted by atomic mass is 9.98. The monoisotopic (exact) mass is 323 g/mol. The van der Waals surface area contributed by atoms with Crippen molar-refractivity contribution < 1.29 is 19.1 Å². The Hall–Kier alpha value is -2.95. The van der Waals surface area contributed by atoms with E-state index in [4.69, 9.17) is 4.74 Å². The highest BCUT2D eigenvalue weighted by atomic mass is 16.6. The average molecular weight is 323 g/mol. The number of amides is 2. The van der Waals surface area contributed by atoms with Gasteiger partial charge in [-0.1, -0.05) is 55.5 Å². The van der Waals surface area contributed by atoms with Gasteiger partial charge in [0.15, 0.2) is 0 Å². The maximum atomic E-state index is 12.5. The highest BCUT2D eigenvalue weighted by Crippen LogP contribution is 2.28. The fraction of sp³-hybridized carbons (Fsp3) is 0.211. The van der Waals surface area contributed by atoms with Crippen LogP contribution in [0.25, 0.3) is 0 Å². The Balaban J connectivity index is 1.88. The van der Waals surface area contributed by atoms with E-state index in [1.165, 1.54) is 0 Å². The first-order valence-corrected chi connectivity index (χ1v) is 7.75. The number of imide groups is 1. The third-order valence-corrected chi connectivity index (χ3v) is 4.01. The van der Waals surface area contributed by atoms with Crippen molar-refractivity contribution in [2.75, 3.05) is 4.90 Å². The Labute approximate surface area is 139 Å². The van der Waals surface area contributed by atoms with E-state index in [1.54, 1.807) is 19.1 Å². The zero-order valence-electron chi connectivity index (χ0n) is 13.3. The van der Waals surface area contributed by atoms with Crippen LogP contribution < -0.4 is 4.90 Å². The molecule has 0 bridgehead atoms. The van der Waals surface area contributed by atoms with Crippen LogP contribution in [0.15, 0.2) is 54.6 Å². The number of para-hydroxylation sites is 1. The van der Waals surface area contributed by atoms with Crippen molar-refractivity contribution in [1.82, 2.24) is 0 Å². The third kappa shape index (κ3) is 3.06.